The summed E-state index contributed by atoms with van der Waals surface area (Å²) < 4.78 is 2.31. The number of nitrogens with one attached hydrogen (secondary N) is 2. The first-order valence-electron chi connectivity index (χ1n) is 7.12. The van der Waals surface area contributed by atoms with E-state index in [0.29, 0.717) is 5.92 Å². The van der Waals surface area contributed by atoms with Crippen LogP contribution < -0.4 is 5.32 Å². The molecule has 19 heavy (non-hydrogen) atoms. The van der Waals surface area contributed by atoms with E-state index in [2.05, 4.69) is 24.8 Å². The van der Waals surface area contributed by atoms with Crippen LogP contribution in [0.15, 0.2) is 24.9 Å². The average molecular weight is 259 g/mol. The van der Waals surface area contributed by atoms with Gasteiger partial charge in [0, 0.05) is 49.7 Å². The van der Waals surface area contributed by atoms with Crippen LogP contribution in [0.1, 0.15) is 36.7 Å². The van der Waals surface area contributed by atoms with Gasteiger partial charge in [-0.2, -0.15) is 0 Å². The molecule has 2 N–H and O–H groups in total. The highest BCUT2D eigenvalue weighted by Crippen LogP contribution is 2.23. The van der Waals surface area contributed by atoms with Crippen LogP contribution >= 0.6 is 0 Å². The number of hydrogen-bond donors (Lipinski definition) is 2. The van der Waals surface area contributed by atoms with Crippen LogP contribution in [0.3, 0.4) is 0 Å². The second kappa shape index (κ2) is 6.02. The molecular formula is C14H21N5. The van der Waals surface area contributed by atoms with Gasteiger partial charge in [0.15, 0.2) is 0 Å². The molecule has 3 rings (SSSR count). The van der Waals surface area contributed by atoms with Crippen molar-refractivity contribution in [3.05, 3.63) is 36.4 Å². The normalized spacial score (nSPS) is 19.7. The van der Waals surface area contributed by atoms with Gasteiger partial charge in [0.1, 0.15) is 5.82 Å². The van der Waals surface area contributed by atoms with E-state index in [-0.39, 0.29) is 0 Å². The zero-order valence-electron chi connectivity index (χ0n) is 11.2. The zero-order chi connectivity index (χ0) is 12.9. The quantitative estimate of drug-likeness (QED) is 0.859. The van der Waals surface area contributed by atoms with E-state index in [1.807, 2.05) is 24.9 Å². The summed E-state index contributed by atoms with van der Waals surface area (Å²) in [7, 11) is 0. The molecule has 2 aromatic rings. The maximum Gasteiger partial charge on any atom is 0.106 e. The number of imidazole rings is 2. The van der Waals surface area contributed by atoms with E-state index < -0.39 is 0 Å². The largest absolute Gasteiger partial charge is 0.349 e. The van der Waals surface area contributed by atoms with E-state index in [0.717, 1.165) is 38.3 Å². The van der Waals surface area contributed by atoms with E-state index in [4.69, 9.17) is 0 Å². The molecule has 1 unspecified atom stereocenters. The summed E-state index contributed by atoms with van der Waals surface area (Å²) >= 11 is 0. The second-order valence-electron chi connectivity index (χ2n) is 5.19. The minimum absolute atomic E-state index is 0.625. The van der Waals surface area contributed by atoms with Crippen molar-refractivity contribution in [1.29, 1.82) is 0 Å². The molecule has 5 nitrogen and oxygen atoms in total. The molecule has 5 heteroatoms. The number of aromatic amines is 1. The Hall–Kier alpha value is -1.62. The fraction of sp³-hybridized carbons (Fsp3) is 0.571. The molecule has 1 saturated heterocycles. The van der Waals surface area contributed by atoms with Gasteiger partial charge in [-0.25, -0.2) is 9.97 Å². The van der Waals surface area contributed by atoms with Gasteiger partial charge < -0.3 is 14.9 Å². The van der Waals surface area contributed by atoms with Crippen molar-refractivity contribution in [3.63, 3.8) is 0 Å². The van der Waals surface area contributed by atoms with Gasteiger partial charge in [-0.05, 0) is 25.8 Å². The Balaban J connectivity index is 1.57. The first kappa shape index (κ1) is 12.4. The van der Waals surface area contributed by atoms with Crippen LogP contribution in [0, 0.1) is 0 Å². The van der Waals surface area contributed by atoms with Gasteiger partial charge in [0.05, 0.1) is 6.33 Å². The van der Waals surface area contributed by atoms with Crippen molar-refractivity contribution < 1.29 is 0 Å². The third-order valence-electron chi connectivity index (χ3n) is 3.83. The van der Waals surface area contributed by atoms with E-state index in [1.165, 1.54) is 18.5 Å². The van der Waals surface area contributed by atoms with Crippen LogP contribution in [0.4, 0.5) is 0 Å². The van der Waals surface area contributed by atoms with Gasteiger partial charge >= 0.3 is 0 Å². The van der Waals surface area contributed by atoms with E-state index in [9.17, 15) is 0 Å². The molecule has 1 atom stereocenters. The Bertz CT molecular complexity index is 482. The maximum absolute atomic E-state index is 4.32. The second-order valence-corrected chi connectivity index (χ2v) is 5.19. The van der Waals surface area contributed by atoms with Gasteiger partial charge in [-0.3, -0.25) is 0 Å². The zero-order valence-corrected chi connectivity index (χ0v) is 11.2. The van der Waals surface area contributed by atoms with Crippen LogP contribution in [-0.4, -0.2) is 32.6 Å². The van der Waals surface area contributed by atoms with Gasteiger partial charge in [-0.15, -0.1) is 0 Å². The molecule has 2 aromatic heterocycles. The molecule has 3 heterocycles. The Labute approximate surface area is 113 Å². The fourth-order valence-electron chi connectivity index (χ4n) is 2.81. The predicted octanol–water partition coefficient (Wildman–Crippen LogP) is 1.71. The van der Waals surface area contributed by atoms with Gasteiger partial charge in [0.2, 0.25) is 0 Å². The van der Waals surface area contributed by atoms with Crippen molar-refractivity contribution >= 4 is 0 Å². The number of piperidine rings is 1. The van der Waals surface area contributed by atoms with Crippen molar-refractivity contribution in [1.82, 2.24) is 24.8 Å². The molecule has 0 aromatic carbocycles. The lowest BCUT2D eigenvalue weighted by Crippen LogP contribution is -2.29. The summed E-state index contributed by atoms with van der Waals surface area (Å²) in [6, 6.07) is 0. The number of aryl methyl sites for hydroxylation is 2. The topological polar surface area (TPSA) is 58.5 Å². The molecule has 1 aliphatic rings. The van der Waals surface area contributed by atoms with Crippen molar-refractivity contribution in [2.75, 3.05) is 13.1 Å². The van der Waals surface area contributed by atoms with Crippen molar-refractivity contribution in [3.8, 4) is 0 Å². The molecule has 102 valence electrons. The highest BCUT2D eigenvalue weighted by Gasteiger charge is 2.18. The highest BCUT2D eigenvalue weighted by atomic mass is 15.1. The fourth-order valence-corrected chi connectivity index (χ4v) is 2.81. The molecule has 0 radical (unpaired) electrons. The summed E-state index contributed by atoms with van der Waals surface area (Å²) in [5.41, 5.74) is 1.38. The predicted molar refractivity (Wildman–Crippen MR) is 74.0 cm³/mol. The first-order valence-corrected chi connectivity index (χ1v) is 7.12. The standard InChI is InChI=1S/C14H21N5/c1-3-12(9-15-5-1)13-10-16-11-19(13)8-2-4-14-17-6-7-18-14/h6-7,10-12,15H,1-5,8-9H2,(H,17,18). The Morgan fingerprint density at radius 2 is 2.42 bits per heavy atom. The Morgan fingerprint density at radius 3 is 3.21 bits per heavy atom. The van der Waals surface area contributed by atoms with Crippen LogP contribution in [0.5, 0.6) is 0 Å². The van der Waals surface area contributed by atoms with Crippen LogP contribution in [0.25, 0.3) is 0 Å². The van der Waals surface area contributed by atoms with Crippen LogP contribution in [0.2, 0.25) is 0 Å². The third kappa shape index (κ3) is 3.04. The number of aromatic nitrogens is 4. The molecule has 1 fully saturated rings. The lowest BCUT2D eigenvalue weighted by atomic mass is 9.96. The first-order chi connectivity index (χ1) is 9.43. The van der Waals surface area contributed by atoms with Crippen molar-refractivity contribution in [2.24, 2.45) is 0 Å². The summed E-state index contributed by atoms with van der Waals surface area (Å²) in [5, 5.41) is 3.47. The van der Waals surface area contributed by atoms with E-state index in [1.54, 1.807) is 0 Å². The molecule has 0 bridgehead atoms. The smallest absolute Gasteiger partial charge is 0.106 e. The maximum atomic E-state index is 4.32. The molecule has 0 saturated carbocycles. The summed E-state index contributed by atoms with van der Waals surface area (Å²) in [5.74, 6) is 1.70. The van der Waals surface area contributed by atoms with Gasteiger partial charge in [0.25, 0.3) is 0 Å². The minimum atomic E-state index is 0.625. The highest BCUT2D eigenvalue weighted by molar-refractivity contribution is 5.08. The number of hydrogen-bond acceptors (Lipinski definition) is 3. The number of H-pyrrole nitrogens is 1. The SMILES string of the molecule is c1c[nH]c(CCCn2cncc2C2CCCNC2)n1. The molecule has 0 spiro atoms. The average Bonchev–Trinajstić information content (AvgIpc) is 3.11. The Morgan fingerprint density at radius 1 is 1.42 bits per heavy atom. The lowest BCUT2D eigenvalue weighted by Gasteiger charge is -2.23. The molecule has 1 aliphatic heterocycles. The van der Waals surface area contributed by atoms with Gasteiger partial charge in [-0.1, -0.05) is 0 Å². The summed E-state index contributed by atoms with van der Waals surface area (Å²) in [6.45, 7) is 3.26. The molecule has 0 amide bonds. The summed E-state index contributed by atoms with van der Waals surface area (Å²) in [4.78, 5) is 11.7. The molecule has 0 aliphatic carbocycles. The Kier molecular flexibility index (Phi) is 3.93. The molecular weight excluding hydrogens is 238 g/mol. The summed E-state index contributed by atoms with van der Waals surface area (Å²) in [6.07, 6.45) is 12.3. The van der Waals surface area contributed by atoms with Crippen molar-refractivity contribution in [2.45, 2.75) is 38.1 Å². The lowest BCUT2D eigenvalue weighted by molar-refractivity contribution is 0.438. The third-order valence-corrected chi connectivity index (χ3v) is 3.83. The van der Waals surface area contributed by atoms with E-state index >= 15 is 0 Å². The monoisotopic (exact) mass is 259 g/mol. The number of nitrogens with zero attached hydrogens (tertiary/aromatic N) is 3. The minimum Gasteiger partial charge on any atom is -0.349 e. The number of rotatable bonds is 5. The van der Waals surface area contributed by atoms with Crippen LogP contribution in [-0.2, 0) is 13.0 Å².